The number of aromatic amines is 1. The molecule has 3 rings (SSSR count). The fraction of sp³-hybridized carbons (Fsp3) is 0.526. The maximum atomic E-state index is 12.1. The molecule has 1 unspecified atom stereocenters. The number of fused-ring (bicyclic) bond motifs is 1. The Bertz CT molecular complexity index is 787. The second-order valence-corrected chi connectivity index (χ2v) is 6.73. The number of likely N-dealkylation sites (tertiary alicyclic amines) is 1. The largest absolute Gasteiger partial charge is 0.371 e. The quantitative estimate of drug-likeness (QED) is 0.777. The van der Waals surface area contributed by atoms with Gasteiger partial charge in [-0.3, -0.25) is 4.79 Å². The molecular weight excluding hydrogens is 330 g/mol. The van der Waals surface area contributed by atoms with Gasteiger partial charge in [-0.1, -0.05) is 6.58 Å². The van der Waals surface area contributed by atoms with E-state index in [0.29, 0.717) is 19.0 Å². The Morgan fingerprint density at radius 2 is 2.35 bits per heavy atom. The third kappa shape index (κ3) is 3.72. The molecule has 2 aromatic heterocycles. The molecule has 2 aromatic rings. The van der Waals surface area contributed by atoms with Crippen LogP contribution in [0.1, 0.15) is 45.5 Å². The number of hydrogen-bond donors (Lipinski definition) is 2. The number of rotatable bonds is 6. The first-order valence-electron chi connectivity index (χ1n) is 9.19. The number of ether oxygens (including phenoxy) is 1. The van der Waals surface area contributed by atoms with E-state index in [1.807, 2.05) is 31.0 Å². The van der Waals surface area contributed by atoms with E-state index in [1.165, 1.54) is 6.08 Å². The van der Waals surface area contributed by atoms with E-state index in [2.05, 4.69) is 28.8 Å². The number of H-pyrrole nitrogens is 1. The first kappa shape index (κ1) is 18.4. The SMILES string of the molecule is C=CC(=O)N1C[C@H](Nc2nc(C(C)OCC)nc3[nH]ccc23)CC[C@@H]1C. The van der Waals surface area contributed by atoms with Crippen LogP contribution in [-0.4, -0.2) is 51.0 Å². The van der Waals surface area contributed by atoms with Crippen molar-refractivity contribution in [3.05, 3.63) is 30.7 Å². The molecule has 140 valence electrons. The lowest BCUT2D eigenvalue weighted by molar-refractivity contribution is -0.129. The highest BCUT2D eigenvalue weighted by Gasteiger charge is 2.28. The molecule has 0 bridgehead atoms. The number of aromatic nitrogens is 3. The van der Waals surface area contributed by atoms with Gasteiger partial charge in [0.2, 0.25) is 5.91 Å². The number of carbonyl (C=O) groups excluding carboxylic acids is 1. The van der Waals surface area contributed by atoms with Crippen LogP contribution < -0.4 is 5.32 Å². The van der Waals surface area contributed by atoms with Crippen LogP contribution in [0.4, 0.5) is 5.82 Å². The minimum absolute atomic E-state index is 0.0239. The molecule has 0 spiro atoms. The van der Waals surface area contributed by atoms with Crippen molar-refractivity contribution in [2.45, 2.75) is 51.8 Å². The van der Waals surface area contributed by atoms with Gasteiger partial charge in [-0.05, 0) is 45.8 Å². The summed E-state index contributed by atoms with van der Waals surface area (Å²) >= 11 is 0. The average Bonchev–Trinajstić information content (AvgIpc) is 3.11. The van der Waals surface area contributed by atoms with Crippen molar-refractivity contribution >= 4 is 22.8 Å². The summed E-state index contributed by atoms with van der Waals surface area (Å²) in [7, 11) is 0. The van der Waals surface area contributed by atoms with Gasteiger partial charge in [0.25, 0.3) is 0 Å². The Balaban J connectivity index is 1.84. The standard InChI is InChI=1S/C19H27N5O2/c1-5-16(25)24-11-14(8-7-12(24)3)21-19-15-9-10-20-18(15)22-17(23-19)13(4)26-6-2/h5,9-10,12-14H,1,6-8,11H2,2-4H3,(H2,20,21,22,23)/t12-,13?,14+/m0/s1. The monoisotopic (exact) mass is 357 g/mol. The van der Waals surface area contributed by atoms with Crippen LogP contribution in [-0.2, 0) is 9.53 Å². The maximum Gasteiger partial charge on any atom is 0.246 e. The Labute approximate surface area is 153 Å². The van der Waals surface area contributed by atoms with Crippen LogP contribution in [0.3, 0.4) is 0 Å². The van der Waals surface area contributed by atoms with Crippen LogP contribution in [0.5, 0.6) is 0 Å². The van der Waals surface area contributed by atoms with E-state index in [9.17, 15) is 4.79 Å². The lowest BCUT2D eigenvalue weighted by Crippen LogP contribution is -2.49. The molecule has 1 saturated heterocycles. The van der Waals surface area contributed by atoms with E-state index < -0.39 is 0 Å². The fourth-order valence-electron chi connectivity index (χ4n) is 3.42. The highest BCUT2D eigenvalue weighted by Crippen LogP contribution is 2.26. The van der Waals surface area contributed by atoms with Crippen molar-refractivity contribution in [3.8, 4) is 0 Å². The summed E-state index contributed by atoms with van der Waals surface area (Å²) in [6, 6.07) is 2.33. The molecule has 3 atom stereocenters. The number of hydrogen-bond acceptors (Lipinski definition) is 5. The molecule has 7 heteroatoms. The Morgan fingerprint density at radius 3 is 3.08 bits per heavy atom. The number of nitrogens with one attached hydrogen (secondary N) is 2. The highest BCUT2D eigenvalue weighted by molar-refractivity contribution is 5.88. The summed E-state index contributed by atoms with van der Waals surface area (Å²) in [5, 5.41) is 4.46. The predicted molar refractivity (Wildman–Crippen MR) is 102 cm³/mol. The van der Waals surface area contributed by atoms with Crippen molar-refractivity contribution in [1.29, 1.82) is 0 Å². The van der Waals surface area contributed by atoms with Crippen molar-refractivity contribution in [1.82, 2.24) is 19.9 Å². The van der Waals surface area contributed by atoms with E-state index in [-0.39, 0.29) is 24.1 Å². The Kier molecular flexibility index (Phi) is 5.56. The molecule has 1 amide bonds. The van der Waals surface area contributed by atoms with Gasteiger partial charge in [-0.15, -0.1) is 0 Å². The topological polar surface area (TPSA) is 83.1 Å². The lowest BCUT2D eigenvalue weighted by Gasteiger charge is -2.38. The van der Waals surface area contributed by atoms with Gasteiger partial charge in [0.05, 0.1) is 5.39 Å². The Hall–Kier alpha value is -2.41. The zero-order valence-electron chi connectivity index (χ0n) is 15.7. The summed E-state index contributed by atoms with van der Waals surface area (Å²) in [5.74, 6) is 1.40. The lowest BCUT2D eigenvalue weighted by atomic mass is 9.99. The zero-order chi connectivity index (χ0) is 18.7. The van der Waals surface area contributed by atoms with Crippen molar-refractivity contribution in [2.75, 3.05) is 18.5 Å². The van der Waals surface area contributed by atoms with Gasteiger partial charge in [0, 0.05) is 31.4 Å². The second kappa shape index (κ2) is 7.86. The third-order valence-corrected chi connectivity index (χ3v) is 4.89. The Morgan fingerprint density at radius 1 is 1.54 bits per heavy atom. The van der Waals surface area contributed by atoms with Crippen molar-refractivity contribution in [2.24, 2.45) is 0 Å². The molecule has 1 fully saturated rings. The second-order valence-electron chi connectivity index (χ2n) is 6.73. The normalized spacial score (nSPS) is 21.6. The molecule has 0 saturated carbocycles. The number of nitrogens with zero attached hydrogens (tertiary/aromatic N) is 3. The van der Waals surface area contributed by atoms with Crippen molar-refractivity contribution < 1.29 is 9.53 Å². The summed E-state index contributed by atoms with van der Waals surface area (Å²) < 4.78 is 5.64. The van der Waals surface area contributed by atoms with Crippen LogP contribution in [0.2, 0.25) is 0 Å². The van der Waals surface area contributed by atoms with Crippen LogP contribution >= 0.6 is 0 Å². The fourth-order valence-corrected chi connectivity index (χ4v) is 3.42. The smallest absolute Gasteiger partial charge is 0.246 e. The minimum atomic E-state index is -0.182. The van der Waals surface area contributed by atoms with Gasteiger partial charge in [-0.25, -0.2) is 9.97 Å². The van der Waals surface area contributed by atoms with E-state index in [1.54, 1.807) is 0 Å². The van der Waals surface area contributed by atoms with Gasteiger partial charge in [-0.2, -0.15) is 0 Å². The number of amides is 1. The van der Waals surface area contributed by atoms with E-state index in [0.717, 1.165) is 29.7 Å². The van der Waals surface area contributed by atoms with E-state index in [4.69, 9.17) is 9.72 Å². The maximum absolute atomic E-state index is 12.1. The zero-order valence-corrected chi connectivity index (χ0v) is 15.7. The van der Waals surface area contributed by atoms with Crippen LogP contribution in [0, 0.1) is 0 Å². The molecule has 1 aliphatic heterocycles. The molecule has 2 N–H and O–H groups in total. The van der Waals surface area contributed by atoms with Gasteiger partial charge in [0.15, 0.2) is 5.82 Å². The van der Waals surface area contributed by atoms with Gasteiger partial charge < -0.3 is 19.9 Å². The number of anilines is 1. The molecule has 0 aromatic carbocycles. The summed E-state index contributed by atoms with van der Waals surface area (Å²) in [6.45, 7) is 10.8. The van der Waals surface area contributed by atoms with Crippen molar-refractivity contribution in [3.63, 3.8) is 0 Å². The summed E-state index contributed by atoms with van der Waals surface area (Å²) in [5.41, 5.74) is 0.784. The molecule has 3 heterocycles. The first-order chi connectivity index (χ1) is 12.5. The number of piperidine rings is 1. The van der Waals surface area contributed by atoms with Crippen LogP contribution in [0.25, 0.3) is 11.0 Å². The third-order valence-electron chi connectivity index (χ3n) is 4.89. The average molecular weight is 357 g/mol. The van der Waals surface area contributed by atoms with E-state index >= 15 is 0 Å². The van der Waals surface area contributed by atoms with Gasteiger partial charge >= 0.3 is 0 Å². The minimum Gasteiger partial charge on any atom is -0.371 e. The van der Waals surface area contributed by atoms with Crippen LogP contribution in [0.15, 0.2) is 24.9 Å². The molecule has 26 heavy (non-hydrogen) atoms. The first-order valence-corrected chi connectivity index (χ1v) is 9.19. The molecule has 7 nitrogen and oxygen atoms in total. The highest BCUT2D eigenvalue weighted by atomic mass is 16.5. The molecule has 0 aliphatic carbocycles. The molecule has 0 radical (unpaired) electrons. The summed E-state index contributed by atoms with van der Waals surface area (Å²) in [6.07, 6.45) is 4.99. The number of carbonyl (C=O) groups is 1. The summed E-state index contributed by atoms with van der Waals surface area (Å²) in [4.78, 5) is 26.4. The predicted octanol–water partition coefficient (Wildman–Crippen LogP) is 3.03. The van der Waals surface area contributed by atoms with Gasteiger partial charge in [0.1, 0.15) is 17.6 Å². The molecule has 1 aliphatic rings. The molecular formula is C19H27N5O2.